The molecule has 16 nitrogen and oxygen atoms in total. The second-order valence-electron chi connectivity index (χ2n) is 15.7. The number of nitrogens with zero attached hydrogens (tertiary/aromatic N) is 6. The van der Waals surface area contributed by atoms with Gasteiger partial charge >= 0.3 is 23.2 Å². The van der Waals surface area contributed by atoms with Crippen molar-refractivity contribution < 1.29 is 41.6 Å². The molecule has 298 valence electrons. The zero-order valence-electron chi connectivity index (χ0n) is 33.5. The molecule has 2 aliphatic heterocycles. The predicted molar refractivity (Wildman–Crippen MR) is 206 cm³/mol. The van der Waals surface area contributed by atoms with E-state index in [1.165, 1.54) is 23.4 Å². The van der Waals surface area contributed by atoms with E-state index in [0.29, 0.717) is 17.6 Å². The highest BCUT2D eigenvalue weighted by molar-refractivity contribution is 6.84. The molecule has 18 heteroatoms. The first kappa shape index (κ1) is 41.8. The Morgan fingerprint density at radius 3 is 2.22 bits per heavy atom. The van der Waals surface area contributed by atoms with E-state index in [2.05, 4.69) is 70.3 Å². The summed E-state index contributed by atoms with van der Waals surface area (Å²) < 4.78 is 48.6. The third-order valence-corrected chi connectivity index (χ3v) is 20.7. The molecular weight excluding hydrogens is 733 g/mol. The van der Waals surface area contributed by atoms with Gasteiger partial charge in [-0.25, -0.2) is 19.7 Å². The van der Waals surface area contributed by atoms with Crippen LogP contribution in [0.25, 0.3) is 11.2 Å². The van der Waals surface area contributed by atoms with Gasteiger partial charge in [0.05, 0.1) is 24.5 Å². The highest BCUT2D eigenvalue weighted by Crippen LogP contribution is 2.49. The standard InChI is InChI=1S/C36H56N6O10Si2/c1-22(2)53(23(3)4)48-19-28-30(51-54(52-53,24(5)6)25(7)8)31(50-36(9,10)46-12)34(49-28)41-21-39-29-32(37-20-38-33(29)41)40(11)35(43)47-18-17-26-13-15-27(16-14-26)42(44)45/h13-16,20-25,28,30-31,34H,17-19H2,1-12H3/t28-,30-,31-,34-/m1/s1. The first-order valence-corrected chi connectivity index (χ1v) is 22.5. The lowest BCUT2D eigenvalue weighted by atomic mass is 10.1. The smallest absolute Gasteiger partial charge is 0.415 e. The van der Waals surface area contributed by atoms with Crippen LogP contribution in [0, 0.1) is 10.1 Å². The molecule has 0 radical (unpaired) electrons. The Morgan fingerprint density at radius 2 is 1.65 bits per heavy atom. The van der Waals surface area contributed by atoms with Gasteiger partial charge in [0, 0.05) is 32.7 Å². The number of imidazole rings is 1. The fourth-order valence-electron chi connectivity index (χ4n) is 7.34. The number of hydrogen-bond donors (Lipinski definition) is 0. The number of benzene rings is 1. The van der Waals surface area contributed by atoms with Crippen LogP contribution in [0.4, 0.5) is 16.3 Å². The first-order valence-electron chi connectivity index (χ1n) is 18.6. The minimum atomic E-state index is -3.04. The zero-order chi connectivity index (χ0) is 39.7. The van der Waals surface area contributed by atoms with E-state index < -0.39 is 58.5 Å². The molecule has 3 aromatic rings. The molecule has 1 aromatic carbocycles. The third-order valence-electron chi connectivity index (χ3n) is 10.5. The number of nitro benzene ring substituents is 1. The minimum absolute atomic E-state index is 0.00681. The van der Waals surface area contributed by atoms with Gasteiger partial charge in [0.15, 0.2) is 29.0 Å². The van der Waals surface area contributed by atoms with Crippen molar-refractivity contribution in [1.29, 1.82) is 0 Å². The maximum atomic E-state index is 13.2. The van der Waals surface area contributed by atoms with Crippen LogP contribution >= 0.6 is 0 Å². The van der Waals surface area contributed by atoms with E-state index in [9.17, 15) is 14.9 Å². The molecule has 0 bridgehead atoms. The summed E-state index contributed by atoms with van der Waals surface area (Å²) in [5.74, 6) is -0.779. The number of amides is 1. The largest absolute Gasteiger partial charge is 0.449 e. The lowest BCUT2D eigenvalue weighted by Crippen LogP contribution is -2.66. The molecule has 2 aromatic heterocycles. The maximum absolute atomic E-state index is 13.2. The number of carbonyl (C=O) groups is 1. The van der Waals surface area contributed by atoms with Crippen LogP contribution in [-0.2, 0) is 38.3 Å². The molecule has 4 atom stereocenters. The molecule has 0 spiro atoms. The number of methoxy groups -OCH3 is 1. The summed E-state index contributed by atoms with van der Waals surface area (Å²) >= 11 is 0. The number of hydrogen-bond acceptors (Lipinski definition) is 13. The first-order chi connectivity index (χ1) is 25.4. The lowest BCUT2D eigenvalue weighted by molar-refractivity contribution is -0.384. The summed E-state index contributed by atoms with van der Waals surface area (Å²) in [6.45, 7) is 21.4. The summed E-state index contributed by atoms with van der Waals surface area (Å²) in [7, 11) is -2.74. The molecular formula is C36H56N6O10Si2. The van der Waals surface area contributed by atoms with Crippen molar-refractivity contribution in [2.45, 2.75) is 128 Å². The van der Waals surface area contributed by atoms with E-state index >= 15 is 0 Å². The van der Waals surface area contributed by atoms with Crippen molar-refractivity contribution in [2.75, 3.05) is 32.3 Å². The number of anilines is 1. The van der Waals surface area contributed by atoms with Crippen LogP contribution in [-0.4, -0.2) is 99.1 Å². The molecule has 2 saturated heterocycles. The van der Waals surface area contributed by atoms with Gasteiger partial charge in [-0.05, 0) is 41.6 Å². The van der Waals surface area contributed by atoms with Crippen molar-refractivity contribution in [3.63, 3.8) is 0 Å². The highest BCUT2D eigenvalue weighted by atomic mass is 28.5. The molecule has 0 N–H and O–H groups in total. The van der Waals surface area contributed by atoms with Gasteiger partial charge < -0.3 is 31.9 Å². The normalized spacial score (nSPS) is 22.8. The van der Waals surface area contributed by atoms with Gasteiger partial charge in [-0.1, -0.05) is 67.5 Å². The summed E-state index contributed by atoms with van der Waals surface area (Å²) in [6, 6.07) is 6.11. The number of aromatic nitrogens is 4. The number of ether oxygens (including phenoxy) is 4. The quantitative estimate of drug-likeness (QED) is 0.0739. The Kier molecular flexibility index (Phi) is 12.7. The van der Waals surface area contributed by atoms with Crippen LogP contribution < -0.4 is 4.90 Å². The van der Waals surface area contributed by atoms with Gasteiger partial charge in [-0.15, -0.1) is 0 Å². The van der Waals surface area contributed by atoms with E-state index in [-0.39, 0.29) is 46.9 Å². The third kappa shape index (κ3) is 8.11. The van der Waals surface area contributed by atoms with Gasteiger partial charge in [0.2, 0.25) is 0 Å². The molecule has 0 aliphatic carbocycles. The van der Waals surface area contributed by atoms with Crippen molar-refractivity contribution in [1.82, 2.24) is 19.5 Å². The van der Waals surface area contributed by atoms with E-state index in [1.54, 1.807) is 37.2 Å². The molecule has 5 rings (SSSR count). The molecule has 4 heterocycles. The van der Waals surface area contributed by atoms with Crippen molar-refractivity contribution >= 4 is 45.9 Å². The van der Waals surface area contributed by atoms with E-state index in [0.717, 1.165) is 5.56 Å². The van der Waals surface area contributed by atoms with E-state index in [4.69, 9.17) is 31.9 Å². The Morgan fingerprint density at radius 1 is 1.02 bits per heavy atom. The number of fused-ring (bicyclic) bond motifs is 2. The second kappa shape index (κ2) is 16.4. The summed E-state index contributed by atoms with van der Waals surface area (Å²) in [5, 5.41) is 11.0. The van der Waals surface area contributed by atoms with Crippen LogP contribution in [0.2, 0.25) is 22.2 Å². The van der Waals surface area contributed by atoms with Crippen LogP contribution in [0.15, 0.2) is 36.9 Å². The number of rotatable bonds is 13. The Bertz CT molecular complexity index is 1760. The lowest BCUT2D eigenvalue weighted by Gasteiger charge is -2.51. The molecule has 1 amide bonds. The summed E-state index contributed by atoms with van der Waals surface area (Å²) in [6.07, 6.45) is 0.106. The molecule has 2 fully saturated rings. The number of carbonyl (C=O) groups excluding carboxylic acids is 1. The van der Waals surface area contributed by atoms with Gasteiger partial charge in [-0.2, -0.15) is 0 Å². The topological polar surface area (TPSA) is 172 Å². The second-order valence-corrected chi connectivity index (χ2v) is 24.5. The van der Waals surface area contributed by atoms with Crippen molar-refractivity contribution in [2.24, 2.45) is 0 Å². The van der Waals surface area contributed by atoms with Gasteiger partial charge in [-0.3, -0.25) is 19.6 Å². The monoisotopic (exact) mass is 788 g/mol. The van der Waals surface area contributed by atoms with Crippen molar-refractivity contribution in [3.05, 3.63) is 52.6 Å². The molecule has 2 aliphatic rings. The Hall–Kier alpha value is -3.37. The average Bonchev–Trinajstić information content (AvgIpc) is 3.67. The molecule has 0 saturated carbocycles. The SMILES string of the molecule is COC(C)(C)O[C@@H]1[C@@H]2O[Si](C(C)C)(C(C)C)O[Si](C(C)C)(C(C)C)OC[C@H]2O[C@H]1n1cnc2c(N(C)C(=O)OCCc3ccc([N+](=O)[O-])cc3)ncnc21. The number of nitro groups is 1. The van der Waals surface area contributed by atoms with Gasteiger partial charge in [0.25, 0.3) is 5.69 Å². The van der Waals surface area contributed by atoms with Gasteiger partial charge in [0.1, 0.15) is 24.6 Å². The van der Waals surface area contributed by atoms with Crippen LogP contribution in [0.3, 0.4) is 0 Å². The predicted octanol–water partition coefficient (Wildman–Crippen LogP) is 7.17. The summed E-state index contributed by atoms with van der Waals surface area (Å²) in [4.78, 5) is 38.6. The number of non-ortho nitro benzene ring substituents is 1. The molecule has 0 unspecified atom stereocenters. The van der Waals surface area contributed by atoms with Crippen molar-refractivity contribution in [3.8, 4) is 0 Å². The Labute approximate surface area is 319 Å². The average molecular weight is 789 g/mol. The minimum Gasteiger partial charge on any atom is -0.449 e. The fraction of sp³-hybridized carbons (Fsp3) is 0.667. The summed E-state index contributed by atoms with van der Waals surface area (Å²) in [5.41, 5.74) is 2.06. The molecule has 54 heavy (non-hydrogen) atoms. The Balaban J connectivity index is 1.47. The van der Waals surface area contributed by atoms with Crippen LogP contribution in [0.5, 0.6) is 0 Å². The van der Waals surface area contributed by atoms with Crippen LogP contribution in [0.1, 0.15) is 81.0 Å². The maximum Gasteiger partial charge on any atom is 0.415 e. The van der Waals surface area contributed by atoms with E-state index in [1.807, 2.05) is 13.8 Å². The fourth-order valence-corrected chi connectivity index (χ4v) is 18.6. The highest BCUT2D eigenvalue weighted by Gasteiger charge is 2.62. The zero-order valence-corrected chi connectivity index (χ0v) is 35.5.